The van der Waals surface area contributed by atoms with Crippen LogP contribution in [0.15, 0.2) is 42.5 Å². The molecule has 0 saturated heterocycles. The summed E-state index contributed by atoms with van der Waals surface area (Å²) in [6.45, 7) is 1.85. The summed E-state index contributed by atoms with van der Waals surface area (Å²) in [6, 6.07) is 11.9. The molecule has 2 heterocycles. The van der Waals surface area contributed by atoms with Gasteiger partial charge in [-0.2, -0.15) is 13.2 Å². The molecule has 0 aliphatic carbocycles. The second kappa shape index (κ2) is 6.78. The molecule has 4 rings (SSSR count). The normalized spacial score (nSPS) is 15.1. The molecule has 28 heavy (non-hydrogen) atoms. The highest BCUT2D eigenvalue weighted by Gasteiger charge is 2.35. The second-order valence-electron chi connectivity index (χ2n) is 6.74. The first kappa shape index (κ1) is 18.2. The molecule has 1 aromatic heterocycles. The molecular weight excluding hydrogens is 369 g/mol. The number of rotatable bonds is 3. The summed E-state index contributed by atoms with van der Waals surface area (Å²) in [4.78, 5) is 18.9. The van der Waals surface area contributed by atoms with E-state index in [0.29, 0.717) is 18.2 Å². The van der Waals surface area contributed by atoms with Gasteiger partial charge in [-0.3, -0.25) is 4.79 Å². The molecule has 1 aliphatic heterocycles. The van der Waals surface area contributed by atoms with Crippen LogP contribution in [0, 0.1) is 0 Å². The first-order valence-corrected chi connectivity index (χ1v) is 8.84. The Balaban J connectivity index is 1.69. The van der Waals surface area contributed by atoms with Gasteiger partial charge in [0.05, 0.1) is 5.52 Å². The third-order valence-electron chi connectivity index (χ3n) is 4.73. The Morgan fingerprint density at radius 1 is 1.11 bits per heavy atom. The number of aromatic nitrogens is 2. The molecule has 5 nitrogen and oxygen atoms in total. The van der Waals surface area contributed by atoms with Crippen LogP contribution in [-0.4, -0.2) is 15.9 Å². The number of alkyl halides is 3. The second-order valence-corrected chi connectivity index (χ2v) is 6.74. The summed E-state index contributed by atoms with van der Waals surface area (Å²) in [5.74, 6) is -1.05. The lowest BCUT2D eigenvalue weighted by atomic mass is 9.98. The number of nitrogens with one attached hydrogen (secondary N) is 2. The predicted octanol–water partition coefficient (Wildman–Crippen LogP) is 4.71. The summed E-state index contributed by atoms with van der Waals surface area (Å²) in [5, 5.41) is 6.43. The fourth-order valence-electron chi connectivity index (χ4n) is 3.27. The monoisotopic (exact) mass is 386 g/mol. The van der Waals surface area contributed by atoms with E-state index in [1.54, 1.807) is 18.2 Å². The molecule has 1 aliphatic rings. The molecule has 2 aromatic carbocycles. The molecule has 1 atom stereocenters. The number of nitrogens with zero attached hydrogens (tertiary/aromatic N) is 2. The topological polar surface area (TPSA) is 66.9 Å². The molecule has 0 saturated carbocycles. The average molecular weight is 386 g/mol. The van der Waals surface area contributed by atoms with Crippen molar-refractivity contribution in [1.82, 2.24) is 9.97 Å². The van der Waals surface area contributed by atoms with Crippen molar-refractivity contribution in [3.05, 3.63) is 59.4 Å². The summed E-state index contributed by atoms with van der Waals surface area (Å²) in [7, 11) is 0. The number of anilines is 2. The van der Waals surface area contributed by atoms with Crippen molar-refractivity contribution in [2.24, 2.45) is 0 Å². The van der Waals surface area contributed by atoms with Crippen LogP contribution in [0.1, 0.15) is 36.3 Å². The van der Waals surface area contributed by atoms with Gasteiger partial charge in [0.25, 0.3) is 0 Å². The molecule has 0 radical (unpaired) electrons. The lowest BCUT2D eigenvalue weighted by Crippen LogP contribution is -2.19. The van der Waals surface area contributed by atoms with E-state index in [1.165, 1.54) is 6.07 Å². The average Bonchev–Trinajstić information content (AvgIpc) is 2.66. The lowest BCUT2D eigenvalue weighted by molar-refractivity contribution is -0.144. The van der Waals surface area contributed by atoms with Crippen molar-refractivity contribution >= 4 is 28.3 Å². The zero-order chi connectivity index (χ0) is 19.9. The number of benzene rings is 2. The number of para-hydroxylation sites is 1. The van der Waals surface area contributed by atoms with Gasteiger partial charge in [0.2, 0.25) is 11.7 Å². The number of hydrogen-bond acceptors (Lipinski definition) is 4. The summed E-state index contributed by atoms with van der Waals surface area (Å²) >= 11 is 0. The van der Waals surface area contributed by atoms with Gasteiger partial charge in [0.1, 0.15) is 5.82 Å². The SMILES string of the molecule is C[C@H](Nc1nc(C(F)(F)F)nc2ccccc12)c1ccc2c(c1)CCC(=O)N2. The molecule has 0 unspecified atom stereocenters. The van der Waals surface area contributed by atoms with E-state index >= 15 is 0 Å². The van der Waals surface area contributed by atoms with Gasteiger partial charge < -0.3 is 10.6 Å². The summed E-state index contributed by atoms with van der Waals surface area (Å²) < 4.78 is 39.6. The molecule has 0 fully saturated rings. The molecule has 8 heteroatoms. The van der Waals surface area contributed by atoms with E-state index in [4.69, 9.17) is 0 Å². The van der Waals surface area contributed by atoms with Gasteiger partial charge in [-0.05, 0) is 42.7 Å². The van der Waals surface area contributed by atoms with Crippen LogP contribution < -0.4 is 10.6 Å². The molecule has 3 aromatic rings. The van der Waals surface area contributed by atoms with E-state index in [9.17, 15) is 18.0 Å². The van der Waals surface area contributed by atoms with Gasteiger partial charge in [0.15, 0.2) is 0 Å². The molecular formula is C20H17F3N4O. The Kier molecular flexibility index (Phi) is 4.41. The van der Waals surface area contributed by atoms with Crippen LogP contribution in [0.2, 0.25) is 0 Å². The minimum Gasteiger partial charge on any atom is -0.363 e. The van der Waals surface area contributed by atoms with Crippen LogP contribution in [0.5, 0.6) is 0 Å². The molecule has 0 bridgehead atoms. The van der Waals surface area contributed by atoms with Gasteiger partial charge in [-0.15, -0.1) is 0 Å². The fraction of sp³-hybridized carbons (Fsp3) is 0.250. The Hall–Kier alpha value is -3.16. The highest BCUT2D eigenvalue weighted by atomic mass is 19.4. The maximum absolute atomic E-state index is 13.2. The lowest BCUT2D eigenvalue weighted by Gasteiger charge is -2.21. The third-order valence-corrected chi connectivity index (χ3v) is 4.73. The zero-order valence-electron chi connectivity index (χ0n) is 15.0. The first-order chi connectivity index (χ1) is 13.3. The predicted molar refractivity (Wildman–Crippen MR) is 100.0 cm³/mol. The van der Waals surface area contributed by atoms with Crippen molar-refractivity contribution in [1.29, 1.82) is 0 Å². The number of carbonyl (C=O) groups excluding carboxylic acids is 1. The maximum Gasteiger partial charge on any atom is 0.451 e. The highest BCUT2D eigenvalue weighted by molar-refractivity contribution is 5.94. The minimum absolute atomic E-state index is 0.0152. The smallest absolute Gasteiger partial charge is 0.363 e. The van der Waals surface area contributed by atoms with Crippen molar-refractivity contribution in [3.8, 4) is 0 Å². The largest absolute Gasteiger partial charge is 0.451 e. The van der Waals surface area contributed by atoms with Crippen LogP contribution in [0.4, 0.5) is 24.7 Å². The van der Waals surface area contributed by atoms with Gasteiger partial charge in [0, 0.05) is 23.5 Å². The van der Waals surface area contributed by atoms with Gasteiger partial charge >= 0.3 is 6.18 Å². The number of hydrogen-bond donors (Lipinski definition) is 2. The van der Waals surface area contributed by atoms with Crippen molar-refractivity contribution in [2.45, 2.75) is 32.0 Å². The van der Waals surface area contributed by atoms with Crippen molar-refractivity contribution in [2.75, 3.05) is 10.6 Å². The number of halogens is 3. The van der Waals surface area contributed by atoms with Crippen LogP contribution >= 0.6 is 0 Å². The van der Waals surface area contributed by atoms with Crippen molar-refractivity contribution in [3.63, 3.8) is 0 Å². The van der Waals surface area contributed by atoms with E-state index < -0.39 is 12.0 Å². The molecule has 144 valence electrons. The van der Waals surface area contributed by atoms with Gasteiger partial charge in [-0.1, -0.05) is 24.3 Å². The molecule has 2 N–H and O–H groups in total. The number of aryl methyl sites for hydroxylation is 1. The summed E-state index contributed by atoms with van der Waals surface area (Å²) in [5.41, 5.74) is 2.91. The number of amides is 1. The number of fused-ring (bicyclic) bond motifs is 2. The maximum atomic E-state index is 13.2. The highest BCUT2D eigenvalue weighted by Crippen LogP contribution is 2.32. The Bertz CT molecular complexity index is 1060. The molecule has 1 amide bonds. The van der Waals surface area contributed by atoms with E-state index in [2.05, 4.69) is 20.6 Å². The fourth-order valence-corrected chi connectivity index (χ4v) is 3.27. The quantitative estimate of drug-likeness (QED) is 0.684. The van der Waals surface area contributed by atoms with Gasteiger partial charge in [-0.25, -0.2) is 9.97 Å². The van der Waals surface area contributed by atoms with Crippen LogP contribution in [0.3, 0.4) is 0 Å². The van der Waals surface area contributed by atoms with Crippen LogP contribution in [0.25, 0.3) is 10.9 Å². The summed E-state index contributed by atoms with van der Waals surface area (Å²) in [6.07, 6.45) is -3.58. The zero-order valence-corrected chi connectivity index (χ0v) is 15.0. The van der Waals surface area contributed by atoms with E-state index in [-0.39, 0.29) is 23.3 Å². The molecule has 0 spiro atoms. The standard InChI is InChI=1S/C20H17F3N4O/c1-11(12-6-8-15-13(10-12)7-9-17(28)25-15)24-18-14-4-2-3-5-16(14)26-19(27-18)20(21,22)23/h2-6,8,10-11H,7,9H2,1H3,(H,25,28)(H,24,26,27)/t11-/m0/s1. The van der Waals surface area contributed by atoms with E-state index in [1.807, 2.05) is 25.1 Å². The first-order valence-electron chi connectivity index (χ1n) is 8.84. The minimum atomic E-state index is -4.63. The Morgan fingerprint density at radius 3 is 2.68 bits per heavy atom. The van der Waals surface area contributed by atoms with Crippen molar-refractivity contribution < 1.29 is 18.0 Å². The Labute approximate surface area is 159 Å². The Morgan fingerprint density at radius 2 is 1.89 bits per heavy atom. The van der Waals surface area contributed by atoms with Crippen LogP contribution in [-0.2, 0) is 17.4 Å². The third kappa shape index (κ3) is 3.49. The number of carbonyl (C=O) groups is 1. The van der Waals surface area contributed by atoms with E-state index in [0.717, 1.165) is 16.8 Å².